The number of hydrogen-bond donors (Lipinski definition) is 4. The Balaban J connectivity index is 0.000000278. The zero-order valence-electron chi connectivity index (χ0n) is 21.7. The van der Waals surface area contributed by atoms with Crippen LogP contribution in [0.3, 0.4) is 0 Å². The maximum Gasteiger partial charge on any atom is 0.172 e. The van der Waals surface area contributed by atoms with Gasteiger partial charge in [-0.05, 0) is 42.9 Å². The first-order chi connectivity index (χ1) is 15.5. The monoisotopic (exact) mass is 474 g/mol. The summed E-state index contributed by atoms with van der Waals surface area (Å²) in [5.74, 6) is 3.36. The van der Waals surface area contributed by atoms with Gasteiger partial charge in [0.1, 0.15) is 18.0 Å². The molecule has 6 atom stereocenters. The van der Waals surface area contributed by atoms with Crippen LogP contribution >= 0.6 is 0 Å². The fourth-order valence-corrected chi connectivity index (χ4v) is 5.22. The van der Waals surface area contributed by atoms with E-state index in [9.17, 15) is 4.79 Å². The highest BCUT2D eigenvalue weighted by Gasteiger charge is 2.51. The molecule has 0 aromatic heterocycles. The lowest BCUT2D eigenvalue weighted by Gasteiger charge is -2.44. The Bertz CT molecular complexity index is 549. The number of aliphatic hydroxyl groups excluding tert-OH is 4. The van der Waals surface area contributed by atoms with E-state index >= 15 is 0 Å². The van der Waals surface area contributed by atoms with Gasteiger partial charge in [0.2, 0.25) is 0 Å². The molecule has 1 heterocycles. The predicted octanol–water partition coefficient (Wildman–Crippen LogP) is 3.16. The Kier molecular flexibility index (Phi) is 13.6. The fourth-order valence-electron chi connectivity index (χ4n) is 5.22. The lowest BCUT2D eigenvalue weighted by Crippen LogP contribution is -2.47. The molecule has 1 aliphatic heterocycles. The Morgan fingerprint density at radius 1 is 0.939 bits per heavy atom. The molecule has 1 spiro atoms. The Hall–Kier alpha value is -0.570. The van der Waals surface area contributed by atoms with Gasteiger partial charge in [0.25, 0.3) is 0 Å². The van der Waals surface area contributed by atoms with Crippen molar-refractivity contribution in [3.05, 3.63) is 0 Å². The average Bonchev–Trinajstić information content (AvgIpc) is 3.16. The third kappa shape index (κ3) is 9.54. The van der Waals surface area contributed by atoms with Gasteiger partial charge < -0.3 is 29.9 Å². The number of Topliss-reactive ketones (excluding diaryl/α,β-unsaturated/α-hetero) is 1. The minimum absolute atomic E-state index is 0.0704. The van der Waals surface area contributed by atoms with E-state index in [1.165, 1.54) is 19.3 Å². The number of rotatable bonds is 5. The van der Waals surface area contributed by atoms with Crippen LogP contribution in [0.2, 0.25) is 0 Å². The van der Waals surface area contributed by atoms with Crippen LogP contribution in [0, 0.1) is 35.5 Å². The van der Waals surface area contributed by atoms with Crippen LogP contribution < -0.4 is 0 Å². The van der Waals surface area contributed by atoms with Gasteiger partial charge in [-0.25, -0.2) is 0 Å². The van der Waals surface area contributed by atoms with E-state index in [-0.39, 0.29) is 25.9 Å². The second kappa shape index (κ2) is 14.7. The van der Waals surface area contributed by atoms with Crippen LogP contribution in [0.15, 0.2) is 0 Å². The second-order valence-electron chi connectivity index (χ2n) is 11.0. The van der Waals surface area contributed by atoms with Crippen LogP contribution in [0.1, 0.15) is 80.1 Å². The van der Waals surface area contributed by atoms with E-state index in [0.717, 1.165) is 19.3 Å². The van der Waals surface area contributed by atoms with Gasteiger partial charge in [-0.2, -0.15) is 0 Å². The number of carbonyl (C=O) groups excluding carboxylic acids is 1. The first-order valence-corrected chi connectivity index (χ1v) is 12.8. The van der Waals surface area contributed by atoms with Gasteiger partial charge in [-0.1, -0.05) is 48.0 Å². The zero-order valence-corrected chi connectivity index (χ0v) is 21.7. The Morgan fingerprint density at radius 2 is 1.55 bits per heavy atom. The molecule has 2 aliphatic carbocycles. The first-order valence-electron chi connectivity index (χ1n) is 12.8. The molecular formula is C26H50O7. The van der Waals surface area contributed by atoms with E-state index in [1.807, 2.05) is 0 Å². The minimum atomic E-state index is -0.954. The molecule has 3 fully saturated rings. The summed E-state index contributed by atoms with van der Waals surface area (Å²) < 4.78 is 12.0. The molecule has 0 bridgehead atoms. The molecular weight excluding hydrogens is 424 g/mol. The minimum Gasteiger partial charge on any atom is -0.394 e. The molecule has 3 aliphatic rings. The highest BCUT2D eigenvalue weighted by Crippen LogP contribution is 2.47. The highest BCUT2D eigenvalue weighted by atomic mass is 16.7. The molecule has 196 valence electrons. The molecule has 0 aromatic rings. The van der Waals surface area contributed by atoms with E-state index in [0.29, 0.717) is 47.9 Å². The van der Waals surface area contributed by atoms with Crippen molar-refractivity contribution >= 4 is 5.78 Å². The van der Waals surface area contributed by atoms with Gasteiger partial charge >= 0.3 is 0 Å². The summed E-state index contributed by atoms with van der Waals surface area (Å²) in [7, 11) is 0. The normalized spacial score (nSPS) is 34.3. The third-order valence-electron chi connectivity index (χ3n) is 7.22. The van der Waals surface area contributed by atoms with E-state index in [4.69, 9.17) is 29.9 Å². The van der Waals surface area contributed by atoms with Crippen molar-refractivity contribution < 1.29 is 34.7 Å². The Morgan fingerprint density at radius 3 is 1.97 bits per heavy atom. The van der Waals surface area contributed by atoms with Crippen LogP contribution in [-0.2, 0) is 14.3 Å². The number of ether oxygens (including phenoxy) is 2. The number of hydrogen-bond acceptors (Lipinski definition) is 7. The molecule has 7 nitrogen and oxygen atoms in total. The summed E-state index contributed by atoms with van der Waals surface area (Å²) in [5.41, 5.74) is 0. The van der Waals surface area contributed by atoms with Gasteiger partial charge in [0, 0.05) is 24.7 Å². The lowest BCUT2D eigenvalue weighted by molar-refractivity contribution is -0.240. The lowest BCUT2D eigenvalue weighted by atomic mass is 9.73. The third-order valence-corrected chi connectivity index (χ3v) is 7.22. The summed E-state index contributed by atoms with van der Waals surface area (Å²) >= 11 is 0. The van der Waals surface area contributed by atoms with Crippen molar-refractivity contribution in [2.24, 2.45) is 35.5 Å². The van der Waals surface area contributed by atoms with Gasteiger partial charge in [0.15, 0.2) is 5.79 Å². The van der Waals surface area contributed by atoms with Crippen molar-refractivity contribution in [2.45, 2.75) is 98.1 Å². The molecule has 1 saturated heterocycles. The standard InChI is InChI=1S/C13H24O3.C10H18O.C3H8O3/c1-9(2)12-5-4-10(3)6-13(12)15-8-11(7-14)16-13;1-7(2)9-5-4-8(3)6-10(9)11;4-1-3(6)2-5/h9-12,14H,4-8H2,1-3H3;7-9H,4-6H2,1-3H3;3-6H,1-2H2. The largest absolute Gasteiger partial charge is 0.394 e. The number of ketones is 1. The molecule has 0 radical (unpaired) electrons. The Labute approximate surface area is 200 Å². The van der Waals surface area contributed by atoms with E-state index in [1.54, 1.807) is 0 Å². The maximum absolute atomic E-state index is 11.4. The van der Waals surface area contributed by atoms with Crippen molar-refractivity contribution in [1.82, 2.24) is 0 Å². The molecule has 0 aromatic carbocycles. The van der Waals surface area contributed by atoms with Crippen LogP contribution in [0.4, 0.5) is 0 Å². The van der Waals surface area contributed by atoms with Gasteiger partial charge in [-0.3, -0.25) is 4.79 Å². The summed E-state index contributed by atoms with van der Waals surface area (Å²) in [6.45, 7) is 13.1. The van der Waals surface area contributed by atoms with E-state index in [2.05, 4.69) is 41.5 Å². The van der Waals surface area contributed by atoms with Crippen LogP contribution in [0.5, 0.6) is 0 Å². The fraction of sp³-hybridized carbons (Fsp3) is 0.962. The molecule has 4 N–H and O–H groups in total. The zero-order chi connectivity index (χ0) is 25.2. The highest BCUT2D eigenvalue weighted by molar-refractivity contribution is 5.82. The molecule has 6 unspecified atom stereocenters. The van der Waals surface area contributed by atoms with Crippen LogP contribution in [-0.4, -0.2) is 70.6 Å². The number of carbonyl (C=O) groups is 1. The summed E-state index contributed by atoms with van der Waals surface area (Å²) in [6.07, 6.45) is 5.54. The van der Waals surface area contributed by atoms with Crippen molar-refractivity contribution in [2.75, 3.05) is 26.4 Å². The van der Waals surface area contributed by atoms with Crippen LogP contribution in [0.25, 0.3) is 0 Å². The quantitative estimate of drug-likeness (QED) is 0.484. The van der Waals surface area contributed by atoms with E-state index < -0.39 is 11.9 Å². The second-order valence-corrected chi connectivity index (χ2v) is 11.0. The van der Waals surface area contributed by atoms with Crippen molar-refractivity contribution in [3.63, 3.8) is 0 Å². The molecule has 0 amide bonds. The summed E-state index contributed by atoms with van der Waals surface area (Å²) in [5, 5.41) is 33.2. The van der Waals surface area contributed by atoms with Crippen molar-refractivity contribution in [1.29, 1.82) is 0 Å². The maximum atomic E-state index is 11.4. The molecule has 3 rings (SSSR count). The molecule has 7 heteroatoms. The predicted molar refractivity (Wildman–Crippen MR) is 129 cm³/mol. The summed E-state index contributed by atoms with van der Waals surface area (Å²) in [4.78, 5) is 11.4. The summed E-state index contributed by atoms with van der Waals surface area (Å²) in [6, 6.07) is 0. The van der Waals surface area contributed by atoms with Crippen molar-refractivity contribution in [3.8, 4) is 0 Å². The molecule has 2 saturated carbocycles. The van der Waals surface area contributed by atoms with Gasteiger partial charge in [0.05, 0.1) is 26.4 Å². The molecule has 33 heavy (non-hydrogen) atoms. The number of aliphatic hydroxyl groups is 4. The first kappa shape index (κ1) is 30.5. The van der Waals surface area contributed by atoms with Gasteiger partial charge in [-0.15, -0.1) is 0 Å². The SMILES string of the molecule is CC1CCC(C(C)C)C(=O)C1.CC1CCC(C(C)C)C2(C1)OCC(CO)O2.OCC(O)CO. The average molecular weight is 475 g/mol. The topological polar surface area (TPSA) is 116 Å². The smallest absolute Gasteiger partial charge is 0.172 e.